The highest BCUT2D eigenvalue weighted by molar-refractivity contribution is 5.95. The summed E-state index contributed by atoms with van der Waals surface area (Å²) in [4.78, 5) is 24.2. The van der Waals surface area contributed by atoms with Crippen molar-refractivity contribution in [1.29, 1.82) is 0 Å². The number of nitro groups is 1. The number of carbonyl (C=O) groups is 1. The molecular formula is C14H21N3O3. The molecule has 20 heavy (non-hydrogen) atoms. The van der Waals surface area contributed by atoms with E-state index in [4.69, 9.17) is 5.73 Å². The molecule has 0 spiro atoms. The summed E-state index contributed by atoms with van der Waals surface area (Å²) in [5, 5.41) is 10.7. The van der Waals surface area contributed by atoms with Gasteiger partial charge >= 0.3 is 0 Å². The van der Waals surface area contributed by atoms with E-state index in [1.165, 1.54) is 18.2 Å². The van der Waals surface area contributed by atoms with Gasteiger partial charge in [0.2, 0.25) is 0 Å². The minimum Gasteiger partial charge on any atom is -0.393 e. The van der Waals surface area contributed by atoms with Gasteiger partial charge in [0.15, 0.2) is 0 Å². The highest BCUT2D eigenvalue weighted by Gasteiger charge is 2.19. The van der Waals surface area contributed by atoms with Crippen LogP contribution in [0.5, 0.6) is 0 Å². The topological polar surface area (TPSA) is 89.5 Å². The predicted octanol–water partition coefficient (Wildman–Crippen LogP) is 2.69. The molecule has 1 rings (SSSR count). The number of amides is 1. The molecule has 1 unspecified atom stereocenters. The van der Waals surface area contributed by atoms with Crippen molar-refractivity contribution in [2.24, 2.45) is 5.92 Å². The van der Waals surface area contributed by atoms with Crippen molar-refractivity contribution in [1.82, 2.24) is 4.90 Å². The fourth-order valence-electron chi connectivity index (χ4n) is 1.90. The van der Waals surface area contributed by atoms with Crippen molar-refractivity contribution >= 4 is 17.3 Å². The molecule has 0 saturated carbocycles. The normalized spacial score (nSPS) is 11.9. The van der Waals surface area contributed by atoms with Crippen molar-refractivity contribution in [3.63, 3.8) is 0 Å². The predicted molar refractivity (Wildman–Crippen MR) is 78.5 cm³/mol. The first-order valence-corrected chi connectivity index (χ1v) is 6.73. The largest absolute Gasteiger partial charge is 0.393 e. The van der Waals surface area contributed by atoms with Crippen molar-refractivity contribution in [2.45, 2.75) is 27.2 Å². The van der Waals surface area contributed by atoms with Crippen LogP contribution < -0.4 is 5.73 Å². The molecule has 110 valence electrons. The molecule has 6 heteroatoms. The molecule has 6 nitrogen and oxygen atoms in total. The van der Waals surface area contributed by atoms with Gasteiger partial charge in [-0.25, -0.2) is 0 Å². The summed E-state index contributed by atoms with van der Waals surface area (Å²) in [6.45, 7) is 7.34. The standard InChI is InChI=1S/C14H21N3O3/c1-4-10(3)9-16(5-2)14(18)11-6-7-13(17(19)20)12(15)8-11/h6-8,10H,4-5,9,15H2,1-3H3. The zero-order valence-electron chi connectivity index (χ0n) is 12.1. The summed E-state index contributed by atoms with van der Waals surface area (Å²) in [5.74, 6) is 0.267. The van der Waals surface area contributed by atoms with Gasteiger partial charge in [-0.3, -0.25) is 14.9 Å². The number of nitrogens with two attached hydrogens (primary N) is 1. The minimum absolute atomic E-state index is 0.0143. The molecule has 2 N–H and O–H groups in total. The lowest BCUT2D eigenvalue weighted by atomic mass is 10.1. The Hall–Kier alpha value is -2.11. The summed E-state index contributed by atoms with van der Waals surface area (Å²) in [5.41, 5.74) is 5.84. The SMILES string of the molecule is CCC(C)CN(CC)C(=O)c1ccc([N+](=O)[O-])c(N)c1. The summed E-state index contributed by atoms with van der Waals surface area (Å²) in [6, 6.07) is 4.11. The summed E-state index contributed by atoms with van der Waals surface area (Å²) < 4.78 is 0. The molecule has 1 atom stereocenters. The number of rotatable bonds is 6. The van der Waals surface area contributed by atoms with Crippen molar-refractivity contribution < 1.29 is 9.72 Å². The van der Waals surface area contributed by atoms with E-state index in [0.717, 1.165) is 6.42 Å². The van der Waals surface area contributed by atoms with Crippen LogP contribution in [0.15, 0.2) is 18.2 Å². The molecule has 0 aliphatic heterocycles. The van der Waals surface area contributed by atoms with Gasteiger partial charge in [0.05, 0.1) is 4.92 Å². The number of anilines is 1. The molecule has 1 amide bonds. The van der Waals surface area contributed by atoms with Gasteiger partial charge in [-0.1, -0.05) is 20.3 Å². The highest BCUT2D eigenvalue weighted by atomic mass is 16.6. The summed E-state index contributed by atoms with van der Waals surface area (Å²) >= 11 is 0. The minimum atomic E-state index is -0.555. The Labute approximate surface area is 118 Å². The van der Waals surface area contributed by atoms with Crippen LogP contribution in [0.2, 0.25) is 0 Å². The van der Waals surface area contributed by atoms with Crippen molar-refractivity contribution in [3.8, 4) is 0 Å². The number of hydrogen-bond acceptors (Lipinski definition) is 4. The Kier molecular flexibility index (Phi) is 5.49. The van der Waals surface area contributed by atoms with E-state index in [0.29, 0.717) is 24.6 Å². The molecule has 0 heterocycles. The van der Waals surface area contributed by atoms with E-state index >= 15 is 0 Å². The van der Waals surface area contributed by atoms with Crippen LogP contribution in [-0.4, -0.2) is 28.8 Å². The van der Waals surface area contributed by atoms with Crippen LogP contribution in [0, 0.1) is 16.0 Å². The average molecular weight is 279 g/mol. The zero-order chi connectivity index (χ0) is 15.3. The van der Waals surface area contributed by atoms with Crippen LogP contribution in [0.4, 0.5) is 11.4 Å². The van der Waals surface area contributed by atoms with Crippen LogP contribution in [-0.2, 0) is 0 Å². The summed E-state index contributed by atoms with van der Waals surface area (Å²) in [7, 11) is 0. The van der Waals surface area contributed by atoms with Crippen LogP contribution in [0.3, 0.4) is 0 Å². The fraction of sp³-hybridized carbons (Fsp3) is 0.500. The van der Waals surface area contributed by atoms with E-state index in [1.807, 2.05) is 6.92 Å². The summed E-state index contributed by atoms with van der Waals surface area (Å²) in [6.07, 6.45) is 0.992. The van der Waals surface area contributed by atoms with E-state index in [1.54, 1.807) is 4.90 Å². The molecule has 0 saturated heterocycles. The number of nitrogens with zero attached hydrogens (tertiary/aromatic N) is 2. The second-order valence-electron chi connectivity index (χ2n) is 4.89. The lowest BCUT2D eigenvalue weighted by Crippen LogP contribution is -2.34. The number of hydrogen-bond donors (Lipinski definition) is 1. The molecule has 0 aliphatic carbocycles. The first-order chi connectivity index (χ1) is 9.40. The first kappa shape index (κ1) is 15.9. The van der Waals surface area contributed by atoms with Gasteiger partial charge in [-0.15, -0.1) is 0 Å². The number of carbonyl (C=O) groups excluding carboxylic acids is 1. The quantitative estimate of drug-likeness (QED) is 0.492. The lowest BCUT2D eigenvalue weighted by Gasteiger charge is -2.24. The van der Waals surface area contributed by atoms with Gasteiger partial charge in [0.1, 0.15) is 5.69 Å². The third-order valence-corrected chi connectivity index (χ3v) is 3.37. The number of nitrogen functional groups attached to an aromatic ring is 1. The fourth-order valence-corrected chi connectivity index (χ4v) is 1.90. The van der Waals surface area contributed by atoms with E-state index in [9.17, 15) is 14.9 Å². The first-order valence-electron chi connectivity index (χ1n) is 6.73. The van der Waals surface area contributed by atoms with Crippen LogP contribution >= 0.6 is 0 Å². The molecule has 0 fully saturated rings. The zero-order valence-corrected chi connectivity index (χ0v) is 12.1. The monoisotopic (exact) mass is 279 g/mol. The van der Waals surface area contributed by atoms with Crippen molar-refractivity contribution in [3.05, 3.63) is 33.9 Å². The van der Waals surface area contributed by atoms with Gasteiger partial charge in [0.25, 0.3) is 11.6 Å². The maximum atomic E-state index is 12.4. The van der Waals surface area contributed by atoms with Gasteiger partial charge in [-0.2, -0.15) is 0 Å². The van der Waals surface area contributed by atoms with E-state index < -0.39 is 4.92 Å². The maximum Gasteiger partial charge on any atom is 0.292 e. The van der Waals surface area contributed by atoms with Gasteiger partial charge < -0.3 is 10.6 Å². The van der Waals surface area contributed by atoms with Gasteiger partial charge in [-0.05, 0) is 25.0 Å². The Balaban J connectivity index is 2.95. The molecule has 1 aromatic carbocycles. The second-order valence-corrected chi connectivity index (χ2v) is 4.89. The number of benzene rings is 1. The van der Waals surface area contributed by atoms with Gasteiger partial charge in [0, 0.05) is 24.7 Å². The molecule has 0 aromatic heterocycles. The van der Waals surface area contributed by atoms with E-state index in [-0.39, 0.29) is 17.3 Å². The molecule has 0 radical (unpaired) electrons. The number of nitro benzene ring substituents is 1. The highest BCUT2D eigenvalue weighted by Crippen LogP contribution is 2.23. The Morgan fingerprint density at radius 3 is 2.55 bits per heavy atom. The van der Waals surface area contributed by atoms with E-state index in [2.05, 4.69) is 13.8 Å². The Morgan fingerprint density at radius 2 is 2.10 bits per heavy atom. The Bertz CT molecular complexity index is 502. The maximum absolute atomic E-state index is 12.4. The molecule has 0 bridgehead atoms. The third-order valence-electron chi connectivity index (χ3n) is 3.37. The molecule has 0 aliphatic rings. The molecular weight excluding hydrogens is 258 g/mol. The van der Waals surface area contributed by atoms with Crippen LogP contribution in [0.1, 0.15) is 37.6 Å². The molecule has 1 aromatic rings. The second kappa shape index (κ2) is 6.88. The Morgan fingerprint density at radius 1 is 1.45 bits per heavy atom. The smallest absolute Gasteiger partial charge is 0.292 e. The average Bonchev–Trinajstić information content (AvgIpc) is 2.43. The van der Waals surface area contributed by atoms with Crippen LogP contribution in [0.25, 0.3) is 0 Å². The third kappa shape index (κ3) is 3.69. The van der Waals surface area contributed by atoms with Crippen molar-refractivity contribution in [2.75, 3.05) is 18.8 Å². The lowest BCUT2D eigenvalue weighted by molar-refractivity contribution is -0.383.